The van der Waals surface area contributed by atoms with Gasteiger partial charge in [0.15, 0.2) is 0 Å². The Balaban J connectivity index is 2.36. The van der Waals surface area contributed by atoms with Crippen LogP contribution in [0.4, 0.5) is 11.6 Å². The summed E-state index contributed by atoms with van der Waals surface area (Å²) in [6, 6.07) is 1.92. The lowest BCUT2D eigenvalue weighted by Crippen LogP contribution is -2.29. The van der Waals surface area contributed by atoms with Crippen LogP contribution in [0.2, 0.25) is 0 Å². The van der Waals surface area contributed by atoms with Gasteiger partial charge in [-0.1, -0.05) is 20.8 Å². The maximum atomic E-state index is 4.66. The largest absolute Gasteiger partial charge is 0.373 e. The summed E-state index contributed by atoms with van der Waals surface area (Å²) in [6.45, 7) is 10.5. The molecule has 0 radical (unpaired) electrons. The average molecular weight is 305 g/mol. The average Bonchev–Trinajstić information content (AvgIpc) is 2.91. The van der Waals surface area contributed by atoms with Gasteiger partial charge in [-0.2, -0.15) is 0 Å². The number of rotatable bonds is 4. The third-order valence-electron chi connectivity index (χ3n) is 3.06. The number of nitrogens with one attached hydrogen (secondary N) is 2. The van der Waals surface area contributed by atoms with Crippen LogP contribution in [-0.2, 0) is 11.0 Å². The Labute approximate surface area is 130 Å². The van der Waals surface area contributed by atoms with Gasteiger partial charge in [0.25, 0.3) is 0 Å². The second-order valence-corrected chi connectivity index (χ2v) is 7.44. The van der Waals surface area contributed by atoms with Crippen molar-refractivity contribution in [3.8, 4) is 0 Å². The van der Waals surface area contributed by atoms with E-state index in [9.17, 15) is 0 Å². The highest BCUT2D eigenvalue weighted by atomic mass is 32.1. The van der Waals surface area contributed by atoms with Crippen LogP contribution in [-0.4, -0.2) is 22.0 Å². The molecule has 0 saturated heterocycles. The third-order valence-corrected chi connectivity index (χ3v) is 4.16. The number of anilines is 2. The molecule has 21 heavy (non-hydrogen) atoms. The van der Waals surface area contributed by atoms with Gasteiger partial charge in [0.05, 0.1) is 5.54 Å². The highest BCUT2D eigenvalue weighted by Gasteiger charge is 2.25. The van der Waals surface area contributed by atoms with Crippen LogP contribution >= 0.6 is 11.3 Å². The van der Waals surface area contributed by atoms with Gasteiger partial charge in [0.1, 0.15) is 22.5 Å². The number of thiazole rings is 1. The van der Waals surface area contributed by atoms with Crippen LogP contribution in [0, 0.1) is 0 Å². The first kappa shape index (κ1) is 15.7. The van der Waals surface area contributed by atoms with Crippen molar-refractivity contribution < 1.29 is 0 Å². The first-order valence-electron chi connectivity index (χ1n) is 6.98. The first-order valence-corrected chi connectivity index (χ1v) is 7.86. The van der Waals surface area contributed by atoms with Crippen molar-refractivity contribution in [2.45, 2.75) is 45.6 Å². The van der Waals surface area contributed by atoms with Crippen molar-refractivity contribution in [2.75, 3.05) is 17.7 Å². The van der Waals surface area contributed by atoms with Crippen LogP contribution < -0.4 is 10.6 Å². The van der Waals surface area contributed by atoms with E-state index in [0.717, 1.165) is 22.5 Å². The highest BCUT2D eigenvalue weighted by molar-refractivity contribution is 7.09. The normalized spacial score (nSPS) is 12.3. The third kappa shape index (κ3) is 3.69. The lowest BCUT2D eigenvalue weighted by molar-refractivity contribution is 0.542. The molecule has 2 rings (SSSR count). The molecule has 6 heteroatoms. The zero-order valence-electron chi connectivity index (χ0n) is 13.5. The van der Waals surface area contributed by atoms with Gasteiger partial charge in [0, 0.05) is 30.1 Å². The SMILES string of the molecule is CNc1cc(NC(C)(C)c2nccs2)nc(C(C)(C)C)n1. The molecule has 0 unspecified atom stereocenters. The van der Waals surface area contributed by atoms with E-state index in [4.69, 9.17) is 0 Å². The van der Waals surface area contributed by atoms with Gasteiger partial charge in [-0.15, -0.1) is 11.3 Å². The minimum atomic E-state index is -0.275. The summed E-state index contributed by atoms with van der Waals surface area (Å²) in [5.74, 6) is 2.43. The molecule has 0 aliphatic heterocycles. The van der Waals surface area contributed by atoms with E-state index in [2.05, 4.69) is 60.2 Å². The molecule has 0 bridgehead atoms. The molecule has 0 aromatic carbocycles. The van der Waals surface area contributed by atoms with Gasteiger partial charge in [0.2, 0.25) is 0 Å². The quantitative estimate of drug-likeness (QED) is 0.903. The molecule has 0 spiro atoms. The zero-order chi connectivity index (χ0) is 15.7. The number of hydrogen-bond donors (Lipinski definition) is 2. The van der Waals surface area contributed by atoms with Crippen LogP contribution in [0.3, 0.4) is 0 Å². The number of nitrogens with zero attached hydrogens (tertiary/aromatic N) is 3. The van der Waals surface area contributed by atoms with E-state index < -0.39 is 0 Å². The number of aromatic nitrogens is 3. The van der Waals surface area contributed by atoms with Gasteiger partial charge in [-0.25, -0.2) is 15.0 Å². The molecule has 0 saturated carbocycles. The lowest BCUT2D eigenvalue weighted by Gasteiger charge is -2.26. The molecule has 0 fully saturated rings. The predicted octanol–water partition coefficient (Wildman–Crippen LogP) is 3.62. The molecule has 2 heterocycles. The Hall–Kier alpha value is -1.69. The standard InChI is InChI=1S/C15H23N5S/c1-14(2,3)12-18-10(16-6)9-11(19-12)20-15(4,5)13-17-7-8-21-13/h7-9H,1-6H3,(H2,16,18,19,20). The Kier molecular flexibility index (Phi) is 4.18. The topological polar surface area (TPSA) is 62.7 Å². The summed E-state index contributed by atoms with van der Waals surface area (Å²) in [5, 5.41) is 9.58. The highest BCUT2D eigenvalue weighted by Crippen LogP contribution is 2.28. The molecule has 2 aromatic rings. The fourth-order valence-corrected chi connectivity index (χ4v) is 2.60. The predicted molar refractivity (Wildman–Crippen MR) is 89.0 cm³/mol. The van der Waals surface area contributed by atoms with Gasteiger partial charge < -0.3 is 10.6 Å². The van der Waals surface area contributed by atoms with Gasteiger partial charge in [-0.05, 0) is 13.8 Å². The minimum Gasteiger partial charge on any atom is -0.373 e. The minimum absolute atomic E-state index is 0.103. The summed E-state index contributed by atoms with van der Waals surface area (Å²) in [4.78, 5) is 13.6. The van der Waals surface area contributed by atoms with Crippen LogP contribution in [0.25, 0.3) is 0 Å². The van der Waals surface area contributed by atoms with Crippen LogP contribution in [0.1, 0.15) is 45.5 Å². The van der Waals surface area contributed by atoms with Crippen molar-refractivity contribution in [1.82, 2.24) is 15.0 Å². The molecule has 0 aliphatic rings. The molecule has 0 aliphatic carbocycles. The molecule has 0 atom stereocenters. The van der Waals surface area contributed by atoms with Crippen molar-refractivity contribution in [1.29, 1.82) is 0 Å². The second-order valence-electron chi connectivity index (χ2n) is 6.55. The van der Waals surface area contributed by atoms with Gasteiger partial charge in [-0.3, -0.25) is 0 Å². The fraction of sp³-hybridized carbons (Fsp3) is 0.533. The van der Waals surface area contributed by atoms with Crippen LogP contribution in [0.15, 0.2) is 17.6 Å². The van der Waals surface area contributed by atoms with E-state index >= 15 is 0 Å². The maximum Gasteiger partial charge on any atom is 0.138 e. The van der Waals surface area contributed by atoms with Crippen molar-refractivity contribution in [3.05, 3.63) is 28.5 Å². The van der Waals surface area contributed by atoms with Gasteiger partial charge >= 0.3 is 0 Å². The first-order chi connectivity index (χ1) is 9.72. The van der Waals surface area contributed by atoms with Crippen LogP contribution in [0.5, 0.6) is 0 Å². The van der Waals surface area contributed by atoms with E-state index in [1.807, 2.05) is 24.7 Å². The summed E-state index contributed by atoms with van der Waals surface area (Å²) < 4.78 is 0. The van der Waals surface area contributed by atoms with E-state index in [1.165, 1.54) is 0 Å². The lowest BCUT2D eigenvalue weighted by atomic mass is 9.95. The fourth-order valence-electron chi connectivity index (χ4n) is 1.88. The van der Waals surface area contributed by atoms with Crippen molar-refractivity contribution >= 4 is 23.0 Å². The monoisotopic (exact) mass is 305 g/mol. The summed E-state index contributed by atoms with van der Waals surface area (Å²) in [5.41, 5.74) is -0.378. The maximum absolute atomic E-state index is 4.66. The molecule has 0 amide bonds. The van der Waals surface area contributed by atoms with E-state index in [0.29, 0.717) is 0 Å². The molecule has 114 valence electrons. The Morgan fingerprint density at radius 2 is 1.71 bits per heavy atom. The molecular weight excluding hydrogens is 282 g/mol. The Bertz CT molecular complexity index is 599. The van der Waals surface area contributed by atoms with E-state index in [-0.39, 0.29) is 11.0 Å². The summed E-state index contributed by atoms with van der Waals surface area (Å²) in [6.07, 6.45) is 1.82. The Morgan fingerprint density at radius 1 is 1.05 bits per heavy atom. The molecular formula is C15H23N5S. The van der Waals surface area contributed by atoms with E-state index in [1.54, 1.807) is 11.3 Å². The number of hydrogen-bond acceptors (Lipinski definition) is 6. The second kappa shape index (κ2) is 5.60. The summed E-state index contributed by atoms with van der Waals surface area (Å²) >= 11 is 1.64. The zero-order valence-corrected chi connectivity index (χ0v) is 14.3. The van der Waals surface area contributed by atoms with Crippen molar-refractivity contribution in [2.24, 2.45) is 0 Å². The molecule has 2 aromatic heterocycles. The summed E-state index contributed by atoms with van der Waals surface area (Å²) in [7, 11) is 1.87. The van der Waals surface area contributed by atoms with Crippen molar-refractivity contribution in [3.63, 3.8) is 0 Å². The molecule has 2 N–H and O–H groups in total. The smallest absolute Gasteiger partial charge is 0.138 e. The molecule has 5 nitrogen and oxygen atoms in total. The Morgan fingerprint density at radius 3 is 2.24 bits per heavy atom.